The first kappa shape index (κ1) is 43.9. The molecule has 0 aliphatic heterocycles. The lowest BCUT2D eigenvalue weighted by molar-refractivity contribution is -0.132. The van der Waals surface area contributed by atoms with Gasteiger partial charge in [0.05, 0.1) is 25.9 Å². The summed E-state index contributed by atoms with van der Waals surface area (Å²) in [6.07, 6.45) is 18.2. The van der Waals surface area contributed by atoms with Gasteiger partial charge in [0.2, 0.25) is 0 Å². The molecule has 0 unspecified atom stereocenters. The molecule has 0 aliphatic rings. The quantitative estimate of drug-likeness (QED) is 0.0455. The van der Waals surface area contributed by atoms with Crippen LogP contribution in [0.3, 0.4) is 0 Å². The summed E-state index contributed by atoms with van der Waals surface area (Å²) in [5.74, 6) is 0.579. The molecule has 0 saturated carbocycles. The molecule has 1 rings (SSSR count). The van der Waals surface area contributed by atoms with Gasteiger partial charge in [0.15, 0.2) is 8.32 Å². The molecule has 0 fully saturated rings. The van der Waals surface area contributed by atoms with E-state index in [4.69, 9.17) is 13.9 Å². The van der Waals surface area contributed by atoms with Gasteiger partial charge in [-0.1, -0.05) is 136 Å². The fourth-order valence-corrected chi connectivity index (χ4v) is 9.89. The second kappa shape index (κ2) is 24.1. The maximum Gasteiger partial charge on any atom is 0.330 e. The zero-order valence-electron chi connectivity index (χ0n) is 32.7. The van der Waals surface area contributed by atoms with Crippen LogP contribution in [0.2, 0.25) is 18.1 Å². The van der Waals surface area contributed by atoms with Gasteiger partial charge in [-0.15, -0.1) is 0 Å². The van der Waals surface area contributed by atoms with Crippen LogP contribution in [0.4, 0.5) is 0 Å². The van der Waals surface area contributed by atoms with E-state index in [9.17, 15) is 9.90 Å². The Morgan fingerprint density at radius 1 is 0.812 bits per heavy atom. The van der Waals surface area contributed by atoms with Gasteiger partial charge in [-0.05, 0) is 74.5 Å². The average Bonchev–Trinajstić information content (AvgIpc) is 3.06. The highest BCUT2D eigenvalue weighted by atomic mass is 28.4. The smallest absolute Gasteiger partial charge is 0.330 e. The molecule has 0 amide bonds. The Balaban J connectivity index is 3.23. The lowest BCUT2D eigenvalue weighted by atomic mass is 9.87. The van der Waals surface area contributed by atoms with Gasteiger partial charge >= 0.3 is 5.97 Å². The lowest BCUT2D eigenvalue weighted by Crippen LogP contribution is -2.42. The van der Waals surface area contributed by atoms with Crippen LogP contribution in [0.15, 0.2) is 59.2 Å². The topological polar surface area (TPSA) is 65.0 Å². The molecule has 0 heterocycles. The molecule has 1 N–H and O–H groups in total. The number of benzene rings is 1. The van der Waals surface area contributed by atoms with Gasteiger partial charge in [-0.2, -0.15) is 0 Å². The molecule has 5 nitrogen and oxygen atoms in total. The Labute approximate surface area is 296 Å². The number of ether oxygens (including phenoxy) is 2. The molecule has 0 radical (unpaired) electrons. The first-order valence-corrected chi connectivity index (χ1v) is 21.6. The number of carboxylic acids is 1. The van der Waals surface area contributed by atoms with Crippen molar-refractivity contribution in [3.05, 3.63) is 64.8 Å². The monoisotopic (exact) mass is 685 g/mol. The van der Waals surface area contributed by atoms with Crippen molar-refractivity contribution < 1.29 is 23.8 Å². The molecule has 0 aliphatic carbocycles. The molecule has 0 spiro atoms. The Bertz CT molecular complexity index is 1110. The van der Waals surface area contributed by atoms with Gasteiger partial charge in [0.25, 0.3) is 0 Å². The normalized spacial score (nSPS) is 16.4. The van der Waals surface area contributed by atoms with Crippen molar-refractivity contribution in [3.63, 3.8) is 0 Å². The van der Waals surface area contributed by atoms with Crippen molar-refractivity contribution >= 4 is 14.3 Å². The molecule has 274 valence electrons. The summed E-state index contributed by atoms with van der Waals surface area (Å²) in [5, 5.41) is 9.58. The Kier molecular flexibility index (Phi) is 22.0. The zero-order chi connectivity index (χ0) is 36.1. The molecule has 0 aromatic heterocycles. The van der Waals surface area contributed by atoms with E-state index in [1.807, 2.05) is 18.2 Å². The van der Waals surface area contributed by atoms with Crippen LogP contribution in [0.5, 0.6) is 5.75 Å². The molecular weight excluding hydrogens is 613 g/mol. The maximum absolute atomic E-state index is 11.7. The van der Waals surface area contributed by atoms with Crippen LogP contribution in [-0.2, 0) is 20.6 Å². The molecule has 5 atom stereocenters. The van der Waals surface area contributed by atoms with E-state index in [0.717, 1.165) is 41.4 Å². The third-order valence-electron chi connectivity index (χ3n) is 10.3. The number of allylic oxidation sites excluding steroid dienone is 2. The molecule has 48 heavy (non-hydrogen) atoms. The van der Waals surface area contributed by atoms with Crippen molar-refractivity contribution in [1.29, 1.82) is 0 Å². The maximum atomic E-state index is 11.7. The van der Waals surface area contributed by atoms with Crippen LogP contribution in [0.1, 0.15) is 133 Å². The number of hydrogen-bond acceptors (Lipinski definition) is 4. The van der Waals surface area contributed by atoms with Crippen LogP contribution in [0.25, 0.3) is 0 Å². The lowest BCUT2D eigenvalue weighted by Gasteiger charge is -2.36. The minimum atomic E-state index is -1.94. The summed E-state index contributed by atoms with van der Waals surface area (Å²) in [6, 6.07) is 11.3. The van der Waals surface area contributed by atoms with Crippen LogP contribution >= 0.6 is 0 Å². The van der Waals surface area contributed by atoms with E-state index in [0.29, 0.717) is 18.1 Å². The van der Waals surface area contributed by atoms with E-state index < -0.39 is 14.3 Å². The number of hydrogen-bond donors (Lipinski definition) is 1. The highest BCUT2D eigenvalue weighted by molar-refractivity contribution is 6.73. The van der Waals surface area contributed by atoms with Crippen LogP contribution < -0.4 is 4.74 Å². The third-order valence-corrected chi connectivity index (χ3v) is 14.9. The van der Waals surface area contributed by atoms with Crippen LogP contribution in [0, 0.1) is 17.8 Å². The summed E-state index contributed by atoms with van der Waals surface area (Å²) in [7, 11) is -0.248. The number of rotatable bonds is 26. The number of carboxylic acid groups (broad SMARTS) is 1. The van der Waals surface area contributed by atoms with Gasteiger partial charge in [-0.25, -0.2) is 4.79 Å². The fraction of sp³-hybridized carbons (Fsp3) is 0.690. The zero-order valence-corrected chi connectivity index (χ0v) is 33.7. The SMILES string of the molecule is CCCCCCCCCC[C@H](C)[C@@H](OCc1ccc(OC)cc1)[C@@H](C)/C=C(C)/C=C(\C)[C@H](O[Si](CC)(CC)CC)[C@H](C)/C=C(\C)C(=O)O. The van der Waals surface area contributed by atoms with Gasteiger partial charge in [0, 0.05) is 17.4 Å². The molecule has 6 heteroatoms. The molecular formula is C42H72O5Si. The van der Waals surface area contributed by atoms with E-state index in [-0.39, 0.29) is 24.0 Å². The standard InChI is InChI=1S/C42H72O5Si/c1-12-16-17-18-19-20-21-22-23-33(6)40(46-31-38-24-26-39(45-11)27-25-38)34(7)28-32(5)29-35(8)41(36(9)30-37(10)42(43)44)47-48(13-2,14-3)15-4/h24-30,33-34,36,40-41H,12-23,31H2,1-11H3,(H,43,44)/b32-28+,35-29+,37-30+/t33-,34-,36+,40+,41-/m0/s1. The minimum absolute atomic E-state index is 0.0497. The fourth-order valence-electron chi connectivity index (χ4n) is 6.95. The predicted octanol–water partition coefficient (Wildman–Crippen LogP) is 12.3. The summed E-state index contributed by atoms with van der Waals surface area (Å²) >= 11 is 0. The highest BCUT2D eigenvalue weighted by Gasteiger charge is 2.34. The predicted molar refractivity (Wildman–Crippen MR) is 207 cm³/mol. The van der Waals surface area contributed by atoms with E-state index in [1.165, 1.54) is 56.9 Å². The molecule has 0 saturated heterocycles. The Morgan fingerprint density at radius 2 is 1.38 bits per heavy atom. The number of methoxy groups -OCH3 is 1. The Hall–Kier alpha value is -2.15. The second-order valence-electron chi connectivity index (χ2n) is 14.3. The molecule has 1 aromatic rings. The van der Waals surface area contributed by atoms with Crippen LogP contribution in [-0.4, -0.2) is 38.7 Å². The van der Waals surface area contributed by atoms with Crippen molar-refractivity contribution in [1.82, 2.24) is 0 Å². The van der Waals surface area contributed by atoms with Crippen molar-refractivity contribution in [2.45, 2.75) is 164 Å². The molecule has 0 bridgehead atoms. The summed E-state index contributed by atoms with van der Waals surface area (Å²) < 4.78 is 19.1. The first-order valence-electron chi connectivity index (χ1n) is 19.1. The number of carbonyl (C=O) groups is 1. The number of unbranched alkanes of at least 4 members (excludes halogenated alkanes) is 7. The van der Waals surface area contributed by atoms with E-state index in [2.05, 4.69) is 86.6 Å². The second-order valence-corrected chi connectivity index (χ2v) is 19.0. The van der Waals surface area contributed by atoms with Crippen molar-refractivity contribution in [2.24, 2.45) is 17.8 Å². The summed E-state index contributed by atoms with van der Waals surface area (Å²) in [4.78, 5) is 11.7. The third kappa shape index (κ3) is 16.0. The minimum Gasteiger partial charge on any atom is -0.497 e. The average molecular weight is 685 g/mol. The van der Waals surface area contributed by atoms with Crippen molar-refractivity contribution in [2.75, 3.05) is 7.11 Å². The van der Waals surface area contributed by atoms with Crippen molar-refractivity contribution in [3.8, 4) is 5.75 Å². The largest absolute Gasteiger partial charge is 0.497 e. The first-order chi connectivity index (χ1) is 22.9. The summed E-state index contributed by atoms with van der Waals surface area (Å²) in [5.41, 5.74) is 3.85. The van der Waals surface area contributed by atoms with Gasteiger partial charge < -0.3 is 19.0 Å². The van der Waals surface area contributed by atoms with E-state index >= 15 is 0 Å². The number of aliphatic carboxylic acids is 1. The van der Waals surface area contributed by atoms with Gasteiger partial charge in [-0.3, -0.25) is 0 Å². The summed E-state index contributed by atoms with van der Waals surface area (Å²) in [6.45, 7) is 22.3. The molecule has 1 aromatic carbocycles. The Morgan fingerprint density at radius 3 is 1.90 bits per heavy atom. The van der Waals surface area contributed by atoms with Gasteiger partial charge in [0.1, 0.15) is 5.75 Å². The highest BCUT2D eigenvalue weighted by Crippen LogP contribution is 2.31. The van der Waals surface area contributed by atoms with E-state index in [1.54, 1.807) is 14.0 Å².